The monoisotopic (exact) mass is 766 g/mol. The van der Waals surface area contributed by atoms with Crippen molar-refractivity contribution >= 4 is 19.8 Å². The molecule has 1 atom stereocenters. The van der Waals surface area contributed by atoms with E-state index in [-0.39, 0.29) is 19.4 Å². The Labute approximate surface area is 326 Å². The predicted molar refractivity (Wildman–Crippen MR) is 225 cm³/mol. The SMILES string of the molecule is CC/C=C/C=C/C=C/C=C/C=C/CCCC(=O)OC(COC(=O)CCCCCC/C=C/C/C=C/C/C=C/C/C=C/C/C=C/C/C=C/CC)COP(=O)(O)O. The van der Waals surface area contributed by atoms with Crippen molar-refractivity contribution < 1.29 is 37.9 Å². The molecule has 0 aliphatic rings. The van der Waals surface area contributed by atoms with Crippen molar-refractivity contribution in [3.8, 4) is 0 Å². The third-order valence-corrected chi connectivity index (χ3v) is 7.78. The van der Waals surface area contributed by atoms with Crippen LogP contribution < -0.4 is 0 Å². The quantitative estimate of drug-likeness (QED) is 0.0223. The molecule has 0 aliphatic heterocycles. The Morgan fingerprint density at radius 2 is 0.944 bits per heavy atom. The zero-order valence-electron chi connectivity index (χ0n) is 32.8. The predicted octanol–water partition coefficient (Wildman–Crippen LogP) is 12.0. The van der Waals surface area contributed by atoms with Crippen LogP contribution in [0.4, 0.5) is 0 Å². The highest BCUT2D eigenvalue weighted by Crippen LogP contribution is 2.35. The van der Waals surface area contributed by atoms with Crippen LogP contribution in [0, 0.1) is 0 Å². The third-order valence-electron chi connectivity index (χ3n) is 7.29. The van der Waals surface area contributed by atoms with Gasteiger partial charge in [0, 0.05) is 12.8 Å². The second kappa shape index (κ2) is 38.9. The molecular weight excluding hydrogens is 699 g/mol. The Balaban J connectivity index is 4.12. The van der Waals surface area contributed by atoms with Crippen LogP contribution in [0.5, 0.6) is 0 Å². The zero-order chi connectivity index (χ0) is 39.6. The van der Waals surface area contributed by atoms with E-state index in [9.17, 15) is 14.2 Å². The number of phosphoric ester groups is 1. The lowest BCUT2D eigenvalue weighted by Gasteiger charge is -2.18. The van der Waals surface area contributed by atoms with Gasteiger partial charge in [0.05, 0.1) is 6.61 Å². The zero-order valence-corrected chi connectivity index (χ0v) is 33.7. The second-order valence-corrected chi connectivity index (χ2v) is 13.5. The van der Waals surface area contributed by atoms with Gasteiger partial charge in [-0.3, -0.25) is 14.1 Å². The van der Waals surface area contributed by atoms with Crippen molar-refractivity contribution in [2.24, 2.45) is 0 Å². The second-order valence-electron chi connectivity index (χ2n) is 12.3. The van der Waals surface area contributed by atoms with E-state index in [1.54, 1.807) is 0 Å². The summed E-state index contributed by atoms with van der Waals surface area (Å²) in [6, 6.07) is 0. The lowest BCUT2D eigenvalue weighted by Crippen LogP contribution is -2.29. The molecule has 300 valence electrons. The van der Waals surface area contributed by atoms with E-state index < -0.39 is 32.5 Å². The number of hydrogen-bond donors (Lipinski definition) is 2. The summed E-state index contributed by atoms with van der Waals surface area (Å²) in [5.74, 6) is -1.02. The van der Waals surface area contributed by atoms with Crippen LogP contribution in [0.1, 0.15) is 117 Å². The van der Waals surface area contributed by atoms with Crippen LogP contribution in [0.25, 0.3) is 0 Å². The van der Waals surface area contributed by atoms with Gasteiger partial charge >= 0.3 is 19.8 Å². The number of rotatable bonds is 33. The molecule has 0 bridgehead atoms. The lowest BCUT2D eigenvalue weighted by atomic mass is 10.1. The van der Waals surface area contributed by atoms with Gasteiger partial charge in [0.2, 0.25) is 0 Å². The van der Waals surface area contributed by atoms with Gasteiger partial charge < -0.3 is 19.3 Å². The average Bonchev–Trinajstić information content (AvgIpc) is 3.14. The van der Waals surface area contributed by atoms with Gasteiger partial charge in [-0.05, 0) is 77.0 Å². The maximum absolute atomic E-state index is 12.3. The maximum atomic E-state index is 12.3. The van der Waals surface area contributed by atoms with Crippen LogP contribution in [-0.4, -0.2) is 41.0 Å². The highest BCUT2D eigenvalue weighted by molar-refractivity contribution is 7.46. The summed E-state index contributed by atoms with van der Waals surface area (Å²) in [7, 11) is -4.79. The number of unbranched alkanes of at least 4 members (excludes halogenated alkanes) is 5. The fourth-order valence-corrected chi connectivity index (χ4v) is 4.82. The summed E-state index contributed by atoms with van der Waals surface area (Å²) < 4.78 is 26.2. The summed E-state index contributed by atoms with van der Waals surface area (Å²) in [4.78, 5) is 42.7. The molecule has 0 heterocycles. The van der Waals surface area contributed by atoms with E-state index in [1.165, 1.54) is 0 Å². The van der Waals surface area contributed by atoms with Crippen molar-refractivity contribution in [3.05, 3.63) is 134 Å². The van der Waals surface area contributed by atoms with Crippen molar-refractivity contribution in [2.75, 3.05) is 13.2 Å². The molecule has 0 aromatic heterocycles. The Kier molecular flexibility index (Phi) is 36.2. The van der Waals surface area contributed by atoms with Gasteiger partial charge in [0.15, 0.2) is 6.10 Å². The van der Waals surface area contributed by atoms with Gasteiger partial charge in [-0.1, -0.05) is 160 Å². The van der Waals surface area contributed by atoms with Crippen LogP contribution in [0.15, 0.2) is 134 Å². The van der Waals surface area contributed by atoms with Crippen LogP contribution in [0.2, 0.25) is 0 Å². The van der Waals surface area contributed by atoms with E-state index in [0.29, 0.717) is 19.3 Å². The summed E-state index contributed by atoms with van der Waals surface area (Å²) in [6.45, 7) is 3.31. The van der Waals surface area contributed by atoms with Gasteiger partial charge in [-0.25, -0.2) is 4.57 Å². The van der Waals surface area contributed by atoms with Gasteiger partial charge in [-0.15, -0.1) is 0 Å². The smallest absolute Gasteiger partial charge is 0.462 e. The molecular formula is C45H67O8P. The van der Waals surface area contributed by atoms with E-state index in [0.717, 1.165) is 70.6 Å². The number of phosphoric acid groups is 1. The lowest BCUT2D eigenvalue weighted by molar-refractivity contribution is -0.161. The van der Waals surface area contributed by atoms with E-state index in [1.807, 2.05) is 54.7 Å². The van der Waals surface area contributed by atoms with Crippen molar-refractivity contribution in [3.63, 3.8) is 0 Å². The van der Waals surface area contributed by atoms with E-state index in [4.69, 9.17) is 19.3 Å². The number of allylic oxidation sites excluding steroid dienone is 22. The standard InChI is InChI=1S/C45H67O8P/c1-3-5-7-9-11-13-15-17-18-19-20-21-22-23-24-25-26-28-29-31-33-35-37-39-44(46)51-41-43(42-52-54(48,49)50)53-45(47)40-38-36-34-32-30-27-16-14-12-10-8-6-4-2/h5-8,10-14,16-18,20-21,23-24,26-28,30,32,34,43H,3-4,9,15,19,22,25,29,31,33,35-42H2,1-2H3,(H2,48,49,50)/b7-5+,8-6+,12-10+,13-11+,16-14+,18-17+,21-20+,24-23+,28-26+,30-27+,34-32+. The molecule has 2 N–H and O–H groups in total. The largest absolute Gasteiger partial charge is 0.469 e. The molecule has 0 amide bonds. The molecule has 0 aromatic carbocycles. The molecule has 0 saturated heterocycles. The summed E-state index contributed by atoms with van der Waals surface area (Å²) in [5, 5.41) is 0. The van der Waals surface area contributed by atoms with Crippen LogP contribution >= 0.6 is 7.82 Å². The molecule has 0 rings (SSSR count). The summed E-state index contributed by atoms with van der Waals surface area (Å²) >= 11 is 0. The highest BCUT2D eigenvalue weighted by Gasteiger charge is 2.22. The summed E-state index contributed by atoms with van der Waals surface area (Å²) in [5.41, 5.74) is 0. The van der Waals surface area contributed by atoms with Crippen LogP contribution in [-0.2, 0) is 28.2 Å². The Bertz CT molecular complexity index is 1320. The number of ether oxygens (including phenoxy) is 2. The first kappa shape index (κ1) is 50.2. The minimum atomic E-state index is -4.79. The molecule has 1 unspecified atom stereocenters. The molecule has 0 saturated carbocycles. The maximum Gasteiger partial charge on any atom is 0.469 e. The highest BCUT2D eigenvalue weighted by atomic mass is 31.2. The molecule has 0 spiro atoms. The normalized spacial score (nSPS) is 13.9. The minimum Gasteiger partial charge on any atom is -0.462 e. The van der Waals surface area contributed by atoms with Gasteiger partial charge in [0.25, 0.3) is 0 Å². The van der Waals surface area contributed by atoms with E-state index in [2.05, 4.69) is 97.4 Å². The van der Waals surface area contributed by atoms with Crippen molar-refractivity contribution in [1.29, 1.82) is 0 Å². The molecule has 0 aliphatic carbocycles. The Morgan fingerprint density at radius 3 is 1.48 bits per heavy atom. The number of esters is 2. The first-order valence-corrected chi connectivity index (χ1v) is 21.1. The van der Waals surface area contributed by atoms with E-state index >= 15 is 0 Å². The molecule has 9 heteroatoms. The van der Waals surface area contributed by atoms with Gasteiger partial charge in [0.1, 0.15) is 6.61 Å². The molecule has 0 radical (unpaired) electrons. The third kappa shape index (κ3) is 41.0. The number of hydrogen-bond acceptors (Lipinski definition) is 6. The molecule has 54 heavy (non-hydrogen) atoms. The Morgan fingerprint density at radius 1 is 0.500 bits per heavy atom. The van der Waals surface area contributed by atoms with Crippen molar-refractivity contribution in [2.45, 2.75) is 123 Å². The van der Waals surface area contributed by atoms with Crippen LogP contribution in [0.3, 0.4) is 0 Å². The number of carbonyl (C=O) groups excluding carboxylic acids is 2. The first-order chi connectivity index (χ1) is 26.3. The fraction of sp³-hybridized carbons (Fsp3) is 0.467. The topological polar surface area (TPSA) is 119 Å². The number of carbonyl (C=O) groups is 2. The van der Waals surface area contributed by atoms with Gasteiger partial charge in [-0.2, -0.15) is 0 Å². The Hall–Kier alpha value is -3.81. The summed E-state index contributed by atoms with van der Waals surface area (Å²) in [6.07, 6.45) is 57.6. The first-order valence-electron chi connectivity index (χ1n) is 19.5. The molecule has 0 aromatic rings. The average molecular weight is 767 g/mol. The van der Waals surface area contributed by atoms with Crippen molar-refractivity contribution in [1.82, 2.24) is 0 Å². The molecule has 8 nitrogen and oxygen atoms in total. The molecule has 0 fully saturated rings. The minimum absolute atomic E-state index is 0.100. The fourth-order valence-electron chi connectivity index (χ4n) is 4.46.